The molecule has 24 heavy (non-hydrogen) atoms. The van der Waals surface area contributed by atoms with Crippen LogP contribution in [0.5, 0.6) is 0 Å². The van der Waals surface area contributed by atoms with Gasteiger partial charge in [0.15, 0.2) is 0 Å². The number of nitrogens with zero attached hydrogens (tertiary/aromatic N) is 1. The summed E-state index contributed by atoms with van der Waals surface area (Å²) in [6.45, 7) is 4.62. The van der Waals surface area contributed by atoms with Gasteiger partial charge in [0.1, 0.15) is 0 Å². The molecule has 2 amide bonds. The normalized spacial score (nSPS) is 15.6. The van der Waals surface area contributed by atoms with E-state index in [9.17, 15) is 9.59 Å². The third-order valence-electron chi connectivity index (χ3n) is 4.81. The molecule has 1 aromatic rings. The molecule has 1 saturated carbocycles. The van der Waals surface area contributed by atoms with E-state index in [2.05, 4.69) is 35.1 Å². The molecule has 1 aliphatic rings. The number of aryl methyl sites for hydroxylation is 1. The molecule has 2 N–H and O–H groups in total. The van der Waals surface area contributed by atoms with Gasteiger partial charge in [0, 0.05) is 43.5 Å². The Hall–Kier alpha value is -2.04. The zero-order valence-electron chi connectivity index (χ0n) is 15.0. The average molecular weight is 331 g/mol. The predicted octanol–water partition coefficient (Wildman–Crippen LogP) is 2.88. The van der Waals surface area contributed by atoms with Gasteiger partial charge < -0.3 is 15.2 Å². The molecule has 0 atom stereocenters. The molecule has 0 aliphatic heterocycles. The summed E-state index contributed by atoms with van der Waals surface area (Å²) in [6.07, 6.45) is 10.2. The zero-order valence-corrected chi connectivity index (χ0v) is 15.0. The second kappa shape index (κ2) is 8.71. The molecule has 1 fully saturated rings. The van der Waals surface area contributed by atoms with Crippen LogP contribution in [-0.2, 0) is 9.59 Å². The number of aromatic nitrogens is 1. The van der Waals surface area contributed by atoms with Gasteiger partial charge in [0.05, 0.1) is 0 Å². The Balaban J connectivity index is 1.97. The van der Waals surface area contributed by atoms with Crippen molar-refractivity contribution in [2.45, 2.75) is 58.4 Å². The number of rotatable bonds is 6. The van der Waals surface area contributed by atoms with E-state index in [1.54, 1.807) is 13.1 Å². The minimum atomic E-state index is -0.165. The molecule has 2 rings (SSSR count). The summed E-state index contributed by atoms with van der Waals surface area (Å²) in [6, 6.07) is 2.75. The lowest BCUT2D eigenvalue weighted by Crippen LogP contribution is -2.27. The fraction of sp³-hybridized carbons (Fsp3) is 0.579. The Morgan fingerprint density at radius 2 is 1.96 bits per heavy atom. The van der Waals surface area contributed by atoms with E-state index in [1.165, 1.54) is 43.5 Å². The Kier molecular flexibility index (Phi) is 6.64. The van der Waals surface area contributed by atoms with Gasteiger partial charge in [-0.15, -0.1) is 0 Å². The minimum Gasteiger partial charge on any atom is -0.359 e. The highest BCUT2D eigenvalue weighted by molar-refractivity contribution is 5.92. The fourth-order valence-corrected chi connectivity index (χ4v) is 3.52. The van der Waals surface area contributed by atoms with Gasteiger partial charge in [-0.25, -0.2) is 0 Å². The highest BCUT2D eigenvalue weighted by Crippen LogP contribution is 2.32. The van der Waals surface area contributed by atoms with Crippen LogP contribution in [0.15, 0.2) is 12.1 Å². The summed E-state index contributed by atoms with van der Waals surface area (Å²) in [7, 11) is 1.59. The van der Waals surface area contributed by atoms with Crippen molar-refractivity contribution in [3.63, 3.8) is 0 Å². The average Bonchev–Trinajstić information content (AvgIpc) is 2.87. The lowest BCUT2D eigenvalue weighted by molar-refractivity contribution is -0.120. The molecule has 1 heterocycles. The lowest BCUT2D eigenvalue weighted by atomic mass is 9.95. The molecule has 132 valence electrons. The van der Waals surface area contributed by atoms with Crippen molar-refractivity contribution in [2.24, 2.45) is 0 Å². The number of hydrogen-bond donors (Lipinski definition) is 2. The van der Waals surface area contributed by atoms with E-state index >= 15 is 0 Å². The Labute approximate surface area is 144 Å². The van der Waals surface area contributed by atoms with Crippen LogP contribution in [0, 0.1) is 13.8 Å². The van der Waals surface area contributed by atoms with Gasteiger partial charge in [-0.1, -0.05) is 19.3 Å². The minimum absolute atomic E-state index is 0.0738. The second-order valence-electron chi connectivity index (χ2n) is 6.54. The monoisotopic (exact) mass is 331 g/mol. The van der Waals surface area contributed by atoms with Crippen molar-refractivity contribution in [1.82, 2.24) is 15.2 Å². The summed E-state index contributed by atoms with van der Waals surface area (Å²) in [5.41, 5.74) is 3.59. The number of amides is 2. The first-order chi connectivity index (χ1) is 11.5. The van der Waals surface area contributed by atoms with Crippen molar-refractivity contribution < 1.29 is 9.59 Å². The maximum Gasteiger partial charge on any atom is 0.244 e. The van der Waals surface area contributed by atoms with Crippen LogP contribution in [0.4, 0.5) is 0 Å². The number of carbonyl (C=O) groups is 2. The highest BCUT2D eigenvalue weighted by Gasteiger charge is 2.19. The van der Waals surface area contributed by atoms with E-state index in [1.807, 2.05) is 6.08 Å². The van der Waals surface area contributed by atoms with Crippen molar-refractivity contribution in [3.05, 3.63) is 29.1 Å². The molecular weight excluding hydrogens is 302 g/mol. The maximum absolute atomic E-state index is 11.9. The van der Waals surface area contributed by atoms with Crippen LogP contribution < -0.4 is 10.6 Å². The first-order valence-corrected chi connectivity index (χ1v) is 8.88. The van der Waals surface area contributed by atoms with Crippen LogP contribution in [0.2, 0.25) is 0 Å². The summed E-state index contributed by atoms with van der Waals surface area (Å²) in [4.78, 5) is 23.0. The van der Waals surface area contributed by atoms with Crippen LogP contribution in [0.25, 0.3) is 6.08 Å². The van der Waals surface area contributed by atoms with Gasteiger partial charge in [-0.05, 0) is 44.4 Å². The lowest BCUT2D eigenvalue weighted by Gasteiger charge is -2.26. The number of carbonyl (C=O) groups excluding carboxylic acids is 2. The van der Waals surface area contributed by atoms with E-state index in [0.29, 0.717) is 19.0 Å². The molecule has 1 aromatic heterocycles. The van der Waals surface area contributed by atoms with Gasteiger partial charge in [0.25, 0.3) is 0 Å². The number of hydrogen-bond acceptors (Lipinski definition) is 2. The molecule has 0 spiro atoms. The summed E-state index contributed by atoms with van der Waals surface area (Å²) >= 11 is 0. The van der Waals surface area contributed by atoms with Gasteiger partial charge in [-0.2, -0.15) is 0 Å². The third-order valence-corrected chi connectivity index (χ3v) is 4.81. The van der Waals surface area contributed by atoms with Gasteiger partial charge in [0.2, 0.25) is 11.8 Å². The Morgan fingerprint density at radius 1 is 1.25 bits per heavy atom. The SMILES string of the molecule is CNC(=O)CCNC(=O)C=Cc1cc(C)n(C2CCCCC2)c1C. The van der Waals surface area contributed by atoms with Gasteiger partial charge >= 0.3 is 0 Å². The largest absolute Gasteiger partial charge is 0.359 e. The summed E-state index contributed by atoms with van der Waals surface area (Å²) < 4.78 is 2.43. The predicted molar refractivity (Wildman–Crippen MR) is 96.8 cm³/mol. The maximum atomic E-state index is 11.9. The molecule has 0 aromatic carbocycles. The second-order valence-corrected chi connectivity index (χ2v) is 6.54. The highest BCUT2D eigenvalue weighted by atomic mass is 16.2. The first kappa shape index (κ1) is 18.3. The third kappa shape index (κ3) is 4.73. The van der Waals surface area contributed by atoms with Crippen molar-refractivity contribution in [3.8, 4) is 0 Å². The molecule has 0 bridgehead atoms. The van der Waals surface area contributed by atoms with Crippen LogP contribution in [0.3, 0.4) is 0 Å². The molecular formula is C19H29N3O2. The molecule has 0 unspecified atom stereocenters. The molecule has 5 nitrogen and oxygen atoms in total. The summed E-state index contributed by atoms with van der Waals surface area (Å²) in [5.74, 6) is -0.239. The van der Waals surface area contributed by atoms with Crippen molar-refractivity contribution >= 4 is 17.9 Å². The molecule has 1 aliphatic carbocycles. The van der Waals surface area contributed by atoms with E-state index in [-0.39, 0.29) is 11.8 Å². The topological polar surface area (TPSA) is 63.1 Å². The van der Waals surface area contributed by atoms with Gasteiger partial charge in [-0.3, -0.25) is 9.59 Å². The van der Waals surface area contributed by atoms with E-state index in [4.69, 9.17) is 0 Å². The summed E-state index contributed by atoms with van der Waals surface area (Å²) in [5, 5.41) is 5.26. The number of nitrogens with one attached hydrogen (secondary N) is 2. The standard InChI is InChI=1S/C19H29N3O2/c1-14-13-16(9-10-19(24)21-12-11-18(23)20-3)15(2)22(14)17-7-5-4-6-8-17/h9-10,13,17H,4-8,11-12H2,1-3H3,(H,20,23)(H,21,24). The van der Waals surface area contributed by atoms with Crippen LogP contribution in [-0.4, -0.2) is 30.0 Å². The smallest absolute Gasteiger partial charge is 0.244 e. The molecule has 0 saturated heterocycles. The fourth-order valence-electron chi connectivity index (χ4n) is 3.52. The van der Waals surface area contributed by atoms with Crippen molar-refractivity contribution in [2.75, 3.05) is 13.6 Å². The first-order valence-electron chi connectivity index (χ1n) is 8.88. The van der Waals surface area contributed by atoms with Crippen LogP contribution >= 0.6 is 0 Å². The Bertz CT molecular complexity index is 610. The van der Waals surface area contributed by atoms with E-state index < -0.39 is 0 Å². The van der Waals surface area contributed by atoms with E-state index in [0.717, 1.165) is 5.56 Å². The Morgan fingerprint density at radius 3 is 2.62 bits per heavy atom. The molecule has 0 radical (unpaired) electrons. The molecule has 5 heteroatoms. The quantitative estimate of drug-likeness (QED) is 0.787. The zero-order chi connectivity index (χ0) is 17.5. The van der Waals surface area contributed by atoms with Crippen molar-refractivity contribution in [1.29, 1.82) is 0 Å². The van der Waals surface area contributed by atoms with Crippen LogP contribution in [0.1, 0.15) is 61.5 Å².